The summed E-state index contributed by atoms with van der Waals surface area (Å²) in [6.07, 6.45) is 0. The zero-order chi connectivity index (χ0) is 52.4. The van der Waals surface area contributed by atoms with Gasteiger partial charge in [-0.15, -0.1) is 0 Å². The molecule has 0 bridgehead atoms. The van der Waals surface area contributed by atoms with E-state index in [4.69, 9.17) is 0 Å². The van der Waals surface area contributed by atoms with Crippen molar-refractivity contribution in [3.63, 3.8) is 0 Å². The third-order valence-electron chi connectivity index (χ3n) is 13.5. The van der Waals surface area contributed by atoms with Crippen molar-refractivity contribution in [2.75, 3.05) is 0 Å². The van der Waals surface area contributed by atoms with Crippen LogP contribution >= 0.6 is 0 Å². The van der Waals surface area contributed by atoms with Crippen LogP contribution in [0, 0.1) is 0 Å². The molecular formula is C62H84O6. The van der Waals surface area contributed by atoms with E-state index >= 15 is 9.59 Å². The van der Waals surface area contributed by atoms with Gasteiger partial charge in [0.05, 0.1) is 0 Å². The van der Waals surface area contributed by atoms with Crippen molar-refractivity contribution in [2.24, 2.45) is 0 Å². The second kappa shape index (κ2) is 16.8. The second-order valence-corrected chi connectivity index (χ2v) is 27.8. The van der Waals surface area contributed by atoms with Gasteiger partial charge in [-0.1, -0.05) is 166 Å². The van der Waals surface area contributed by atoms with Crippen LogP contribution in [-0.4, -0.2) is 32.0 Å². The van der Waals surface area contributed by atoms with E-state index in [1.807, 2.05) is 215 Å². The summed E-state index contributed by atoms with van der Waals surface area (Å²) in [5.41, 5.74) is 3.27. The lowest BCUT2D eigenvalue weighted by Gasteiger charge is -2.33. The van der Waals surface area contributed by atoms with Crippen molar-refractivity contribution in [1.29, 1.82) is 0 Å². The average Bonchev–Trinajstić information content (AvgIpc) is 3.12. The molecule has 6 heteroatoms. The van der Waals surface area contributed by atoms with Gasteiger partial charge in [0, 0.05) is 66.8 Å². The number of benzene rings is 4. The van der Waals surface area contributed by atoms with Crippen LogP contribution in [0.25, 0.3) is 22.3 Å². The lowest BCUT2D eigenvalue weighted by Crippen LogP contribution is -2.26. The maximum Gasteiger partial charge on any atom is 0.195 e. The van der Waals surface area contributed by atoms with Gasteiger partial charge in [-0.2, -0.15) is 0 Å². The molecule has 0 amide bonds. The molecule has 0 saturated carbocycles. The fraction of sp³-hybridized carbons (Fsp3) is 0.516. The number of rotatable bonds is 4. The van der Waals surface area contributed by atoms with E-state index in [9.17, 15) is 20.4 Å². The van der Waals surface area contributed by atoms with Crippen molar-refractivity contribution in [3.8, 4) is 23.0 Å². The summed E-state index contributed by atoms with van der Waals surface area (Å²) in [5.74, 6) is -0.199. The minimum absolute atomic E-state index is 0.147. The van der Waals surface area contributed by atoms with Gasteiger partial charge < -0.3 is 20.4 Å². The van der Waals surface area contributed by atoms with E-state index in [1.165, 1.54) is 0 Å². The van der Waals surface area contributed by atoms with Crippen LogP contribution in [-0.2, 0) is 52.9 Å². The first-order valence-electron chi connectivity index (χ1n) is 24.4. The number of ketones is 2. The van der Waals surface area contributed by atoms with E-state index < -0.39 is 54.9 Å². The summed E-state index contributed by atoms with van der Waals surface area (Å²) in [4.78, 5) is 33.6. The normalized spacial score (nSPS) is 15.2. The molecule has 0 saturated heterocycles. The van der Waals surface area contributed by atoms with Crippen LogP contribution in [0.3, 0.4) is 0 Å². The molecule has 0 atom stereocenters. The van der Waals surface area contributed by atoms with Crippen LogP contribution < -0.4 is 0 Å². The quantitative estimate of drug-likeness (QED) is 0.152. The Balaban J connectivity index is 2.23. The lowest BCUT2D eigenvalue weighted by atomic mass is 9.69. The van der Waals surface area contributed by atoms with E-state index in [-0.39, 0.29) is 45.3 Å². The predicted molar refractivity (Wildman–Crippen MR) is 286 cm³/mol. The fourth-order valence-corrected chi connectivity index (χ4v) is 9.49. The molecule has 0 radical (unpaired) electrons. The first-order chi connectivity index (χ1) is 30.3. The molecule has 4 aromatic rings. The molecule has 1 aliphatic carbocycles. The number of aromatic hydroxyl groups is 4. The average molecular weight is 925 g/mol. The van der Waals surface area contributed by atoms with Crippen molar-refractivity contribution in [1.82, 2.24) is 0 Å². The molecule has 0 fully saturated rings. The smallest absolute Gasteiger partial charge is 0.195 e. The Kier molecular flexibility index (Phi) is 13.3. The summed E-state index contributed by atoms with van der Waals surface area (Å²) in [6, 6.07) is 15.0. The third kappa shape index (κ3) is 10.1. The van der Waals surface area contributed by atoms with Gasteiger partial charge in [-0.3, -0.25) is 9.59 Å². The Morgan fingerprint density at radius 1 is 0.235 bits per heavy atom. The van der Waals surface area contributed by atoms with E-state index in [2.05, 4.69) is 0 Å². The van der Waals surface area contributed by atoms with Gasteiger partial charge in [-0.25, -0.2) is 0 Å². The highest BCUT2D eigenvalue weighted by Gasteiger charge is 2.42. The molecule has 6 nitrogen and oxygen atoms in total. The van der Waals surface area contributed by atoms with E-state index in [0.717, 1.165) is 0 Å². The minimum atomic E-state index is -0.567. The number of allylic oxidation sites excluding steroid dienone is 4. The number of Topliss-reactive ketones (excluding diaryl/α,β-unsaturated/α-hetero) is 2. The van der Waals surface area contributed by atoms with Gasteiger partial charge in [0.25, 0.3) is 0 Å². The SMILES string of the molecule is CC(C)(C)c1cc(C2=C(c3cc(C(C)(C)C)c(O)c(C(C)(C)C)c3)C(=O)C(c3cc(C(C)(C)C)c(O)c(C(C)(C)C)c3)=C(c3cc(C(C)(C)C)c(O)c(C(C)(C)C)c3)C2=O)cc(C(C)(C)C)c1O. The molecule has 0 aromatic heterocycles. The molecule has 0 heterocycles. The molecule has 4 N–H and O–H groups in total. The summed E-state index contributed by atoms with van der Waals surface area (Å²) >= 11 is 0. The third-order valence-corrected chi connectivity index (χ3v) is 13.5. The Hall–Kier alpha value is -5.10. The predicted octanol–water partition coefficient (Wildman–Crippen LogP) is 15.6. The van der Waals surface area contributed by atoms with Crippen molar-refractivity contribution < 1.29 is 30.0 Å². The highest BCUT2D eigenvalue weighted by Crippen LogP contribution is 2.52. The van der Waals surface area contributed by atoms with Crippen molar-refractivity contribution in [2.45, 2.75) is 209 Å². The fourth-order valence-electron chi connectivity index (χ4n) is 9.49. The first kappa shape index (κ1) is 53.8. The number of phenolic OH excluding ortho intramolecular Hbond substituents is 4. The number of phenols is 4. The Morgan fingerprint density at radius 3 is 0.426 bits per heavy atom. The molecule has 0 aliphatic heterocycles. The van der Waals surface area contributed by atoms with Crippen LogP contribution in [0.1, 0.15) is 233 Å². The molecule has 1 aliphatic rings. The molecule has 5 rings (SSSR count). The Morgan fingerprint density at radius 2 is 0.338 bits per heavy atom. The highest BCUT2D eigenvalue weighted by atomic mass is 16.3. The largest absolute Gasteiger partial charge is 0.507 e. The minimum Gasteiger partial charge on any atom is -0.507 e. The highest BCUT2D eigenvalue weighted by molar-refractivity contribution is 6.66. The van der Waals surface area contributed by atoms with E-state index in [0.29, 0.717) is 66.8 Å². The van der Waals surface area contributed by atoms with Gasteiger partial charge in [-0.05, 0) is 114 Å². The lowest BCUT2D eigenvalue weighted by molar-refractivity contribution is -0.111. The molecule has 0 spiro atoms. The number of hydrogen-bond acceptors (Lipinski definition) is 6. The topological polar surface area (TPSA) is 115 Å². The zero-order valence-electron chi connectivity index (χ0n) is 46.2. The van der Waals surface area contributed by atoms with Gasteiger partial charge in [0.15, 0.2) is 11.6 Å². The Bertz CT molecular complexity index is 2260. The van der Waals surface area contributed by atoms with E-state index in [1.54, 1.807) is 0 Å². The maximum atomic E-state index is 16.8. The van der Waals surface area contributed by atoms with Crippen LogP contribution in [0.4, 0.5) is 0 Å². The molecule has 68 heavy (non-hydrogen) atoms. The number of carbonyl (C=O) groups is 2. The van der Waals surface area contributed by atoms with Crippen LogP contribution in [0.5, 0.6) is 23.0 Å². The summed E-state index contributed by atoms with van der Waals surface area (Å²) in [6.45, 7) is 48.6. The zero-order valence-corrected chi connectivity index (χ0v) is 46.2. The molecule has 0 unspecified atom stereocenters. The van der Waals surface area contributed by atoms with Crippen molar-refractivity contribution in [3.05, 3.63) is 115 Å². The first-order valence-corrected chi connectivity index (χ1v) is 24.4. The Labute approximate surface area is 410 Å². The van der Waals surface area contributed by atoms with Crippen LogP contribution in [0.2, 0.25) is 0 Å². The van der Waals surface area contributed by atoms with Crippen molar-refractivity contribution >= 4 is 33.9 Å². The molecule has 4 aromatic carbocycles. The summed E-state index contributed by atoms with van der Waals surface area (Å²) in [5, 5.41) is 48.3. The number of hydrogen-bond donors (Lipinski definition) is 4. The molecular weight excluding hydrogens is 841 g/mol. The van der Waals surface area contributed by atoms with Gasteiger partial charge in [0.2, 0.25) is 0 Å². The number of carbonyl (C=O) groups excluding carboxylic acids is 2. The molecule has 368 valence electrons. The van der Waals surface area contributed by atoms with Crippen LogP contribution in [0.15, 0.2) is 48.5 Å². The second-order valence-electron chi connectivity index (χ2n) is 27.8. The van der Waals surface area contributed by atoms with Gasteiger partial charge in [0.1, 0.15) is 23.0 Å². The standard InChI is InChI=1S/C62H84O6/c1-55(2,3)37-25-33(26-38(49(37)63)56(4,5)6)45-46(34-27-39(57(7,8)9)50(64)40(28-34)58(10,11)12)54(68)48(36-31-43(61(19,20)21)52(66)44(32-36)62(22,23)24)47(53(45)67)35-29-41(59(13,14)15)51(65)42(30-35)60(16,17)18/h25-32,63-66H,1-24H3. The summed E-state index contributed by atoms with van der Waals surface area (Å²) < 4.78 is 0. The van der Waals surface area contributed by atoms with Gasteiger partial charge >= 0.3 is 0 Å². The monoisotopic (exact) mass is 925 g/mol. The maximum absolute atomic E-state index is 16.8. The summed E-state index contributed by atoms with van der Waals surface area (Å²) in [7, 11) is 0.